The van der Waals surface area contributed by atoms with E-state index in [2.05, 4.69) is 84.9 Å². The van der Waals surface area contributed by atoms with E-state index in [0.717, 1.165) is 24.7 Å². The van der Waals surface area contributed by atoms with Crippen molar-refractivity contribution in [1.82, 2.24) is 0 Å². The van der Waals surface area contributed by atoms with E-state index in [0.29, 0.717) is 13.2 Å². The van der Waals surface area contributed by atoms with Gasteiger partial charge >= 0.3 is 0 Å². The lowest BCUT2D eigenvalue weighted by atomic mass is 9.70. The third kappa shape index (κ3) is 2.75. The van der Waals surface area contributed by atoms with Gasteiger partial charge in [-0.25, -0.2) is 0 Å². The van der Waals surface area contributed by atoms with Crippen molar-refractivity contribution in [2.45, 2.75) is 17.6 Å². The Morgan fingerprint density at radius 2 is 1.09 bits per heavy atom. The fourth-order valence-corrected chi connectivity index (χ4v) is 6.08. The summed E-state index contributed by atoms with van der Waals surface area (Å²) in [6, 6.07) is 30.7. The van der Waals surface area contributed by atoms with Crippen LogP contribution in [0.5, 0.6) is 11.5 Å². The van der Waals surface area contributed by atoms with Crippen LogP contribution in [0.4, 0.5) is 0 Å². The first-order valence-electron chi connectivity index (χ1n) is 12.3. The van der Waals surface area contributed by atoms with Gasteiger partial charge in [-0.3, -0.25) is 0 Å². The largest absolute Gasteiger partial charge is 0.487 e. The molecular weight excluding hydrogens is 436 g/mol. The van der Waals surface area contributed by atoms with E-state index < -0.39 is 5.41 Å². The van der Waals surface area contributed by atoms with Crippen LogP contribution in [0.3, 0.4) is 0 Å². The molecule has 0 radical (unpaired) electrons. The second-order valence-corrected chi connectivity index (χ2v) is 9.73. The van der Waals surface area contributed by atoms with Gasteiger partial charge in [-0.2, -0.15) is 0 Å². The topological polar surface area (TPSA) is 43.5 Å². The van der Waals surface area contributed by atoms with Crippen LogP contribution >= 0.6 is 0 Å². The first-order chi connectivity index (χ1) is 17.4. The summed E-state index contributed by atoms with van der Waals surface area (Å²) in [5, 5.41) is 0. The third-order valence-electron chi connectivity index (χ3n) is 7.71. The molecule has 2 fully saturated rings. The van der Waals surface area contributed by atoms with Crippen LogP contribution in [-0.4, -0.2) is 38.6 Å². The Morgan fingerprint density at radius 3 is 1.63 bits per heavy atom. The highest BCUT2D eigenvalue weighted by Crippen LogP contribution is 2.65. The molecule has 2 saturated heterocycles. The van der Waals surface area contributed by atoms with Gasteiger partial charge in [0.15, 0.2) is 11.5 Å². The first-order valence-corrected chi connectivity index (χ1v) is 12.3. The van der Waals surface area contributed by atoms with Crippen LogP contribution in [0.2, 0.25) is 0 Å². The number of benzene rings is 4. The van der Waals surface area contributed by atoms with Crippen LogP contribution < -0.4 is 9.47 Å². The van der Waals surface area contributed by atoms with Gasteiger partial charge in [0.25, 0.3) is 0 Å². The quantitative estimate of drug-likeness (QED) is 0.304. The number of epoxide rings is 2. The van der Waals surface area contributed by atoms with Crippen LogP contribution in [0.15, 0.2) is 84.9 Å². The zero-order chi connectivity index (χ0) is 23.0. The zero-order valence-corrected chi connectivity index (χ0v) is 19.2. The van der Waals surface area contributed by atoms with Gasteiger partial charge in [-0.1, -0.05) is 78.9 Å². The van der Waals surface area contributed by atoms with E-state index in [1.54, 1.807) is 0 Å². The molecule has 2 aliphatic heterocycles. The molecular formula is C31H24O4. The normalized spacial score (nSPS) is 21.1. The second kappa shape index (κ2) is 7.20. The Labute approximate surface area is 204 Å². The summed E-state index contributed by atoms with van der Waals surface area (Å²) in [5.41, 5.74) is 9.60. The van der Waals surface area contributed by atoms with E-state index in [4.69, 9.17) is 18.9 Å². The molecule has 4 aliphatic rings. The van der Waals surface area contributed by atoms with Crippen molar-refractivity contribution in [2.24, 2.45) is 0 Å². The minimum atomic E-state index is -0.464. The molecule has 8 rings (SSSR count). The summed E-state index contributed by atoms with van der Waals surface area (Å²) < 4.78 is 23.9. The summed E-state index contributed by atoms with van der Waals surface area (Å²) in [6.45, 7) is 2.55. The fraction of sp³-hybridized carbons (Fsp3) is 0.226. The van der Waals surface area contributed by atoms with Gasteiger partial charge in [0.1, 0.15) is 25.4 Å². The Hall–Kier alpha value is -3.60. The van der Waals surface area contributed by atoms with Crippen LogP contribution in [0.1, 0.15) is 22.3 Å². The molecule has 2 unspecified atom stereocenters. The maximum absolute atomic E-state index is 6.61. The van der Waals surface area contributed by atoms with Crippen molar-refractivity contribution in [3.05, 3.63) is 107 Å². The number of fused-ring (bicyclic) bond motifs is 10. The lowest BCUT2D eigenvalue weighted by molar-refractivity contribution is 0.226. The summed E-state index contributed by atoms with van der Waals surface area (Å²) in [5.74, 6) is 1.59. The Kier molecular flexibility index (Phi) is 4.05. The highest BCUT2D eigenvalue weighted by atomic mass is 16.6. The lowest BCUT2D eigenvalue weighted by Crippen LogP contribution is -2.27. The molecule has 0 bridgehead atoms. The maximum Gasteiger partial charge on any atom is 0.166 e. The molecule has 0 N–H and O–H groups in total. The highest BCUT2D eigenvalue weighted by molar-refractivity contribution is 5.96. The van der Waals surface area contributed by atoms with Crippen molar-refractivity contribution < 1.29 is 18.9 Å². The van der Waals surface area contributed by atoms with Crippen molar-refractivity contribution in [2.75, 3.05) is 26.4 Å². The van der Waals surface area contributed by atoms with Crippen LogP contribution in [0, 0.1) is 0 Å². The molecule has 1 spiro atoms. The summed E-state index contributed by atoms with van der Waals surface area (Å²) in [6.07, 6.45) is 0.315. The van der Waals surface area contributed by atoms with Crippen LogP contribution in [-0.2, 0) is 14.9 Å². The van der Waals surface area contributed by atoms with Crippen molar-refractivity contribution in [3.8, 4) is 33.8 Å². The maximum atomic E-state index is 6.61. The highest BCUT2D eigenvalue weighted by Gasteiger charge is 2.53. The van der Waals surface area contributed by atoms with Gasteiger partial charge in [-0.05, 0) is 45.0 Å². The number of hydrogen-bond acceptors (Lipinski definition) is 4. The zero-order valence-electron chi connectivity index (χ0n) is 19.2. The second-order valence-electron chi connectivity index (χ2n) is 9.73. The van der Waals surface area contributed by atoms with Crippen molar-refractivity contribution in [1.29, 1.82) is 0 Å². The smallest absolute Gasteiger partial charge is 0.166 e. The molecule has 4 nitrogen and oxygen atoms in total. The predicted molar refractivity (Wildman–Crippen MR) is 133 cm³/mol. The molecule has 0 amide bonds. The van der Waals surface area contributed by atoms with Crippen molar-refractivity contribution in [3.63, 3.8) is 0 Å². The molecule has 172 valence electrons. The average molecular weight is 461 g/mol. The molecule has 2 heterocycles. The monoisotopic (exact) mass is 460 g/mol. The molecule has 2 aliphatic carbocycles. The summed E-state index contributed by atoms with van der Waals surface area (Å²) in [7, 11) is 0. The van der Waals surface area contributed by atoms with Gasteiger partial charge in [-0.15, -0.1) is 0 Å². The standard InChI is InChI=1S/C31H24O4/c1-4-10-25-21(7-1)22-8-2-5-11-26(22)31(25)27-12-6-3-9-23(27)24-13-14-28(34-17-19-15-32-19)30(29(24)31)35-18-20-16-33-20/h1-14,19-20H,15-18H2. The van der Waals surface area contributed by atoms with Gasteiger partial charge in [0, 0.05) is 5.56 Å². The van der Waals surface area contributed by atoms with E-state index in [-0.39, 0.29) is 12.2 Å². The fourth-order valence-electron chi connectivity index (χ4n) is 6.08. The minimum Gasteiger partial charge on any atom is -0.487 e. The first kappa shape index (κ1) is 19.7. The molecule has 2 atom stereocenters. The van der Waals surface area contributed by atoms with Crippen molar-refractivity contribution >= 4 is 0 Å². The Balaban J connectivity index is 1.45. The molecule has 4 aromatic rings. The van der Waals surface area contributed by atoms with Crippen LogP contribution in [0.25, 0.3) is 22.3 Å². The Bertz CT molecular complexity index is 1420. The van der Waals surface area contributed by atoms with Gasteiger partial charge < -0.3 is 18.9 Å². The van der Waals surface area contributed by atoms with Gasteiger partial charge in [0.2, 0.25) is 0 Å². The molecule has 4 heteroatoms. The van der Waals surface area contributed by atoms with E-state index in [9.17, 15) is 0 Å². The van der Waals surface area contributed by atoms with E-state index >= 15 is 0 Å². The number of ether oxygens (including phenoxy) is 4. The predicted octanol–water partition coefficient (Wildman–Crippen LogP) is 5.59. The molecule has 0 saturated carbocycles. The third-order valence-corrected chi connectivity index (χ3v) is 7.71. The molecule has 0 aromatic heterocycles. The summed E-state index contributed by atoms with van der Waals surface area (Å²) >= 11 is 0. The van der Waals surface area contributed by atoms with E-state index in [1.807, 2.05) is 0 Å². The van der Waals surface area contributed by atoms with E-state index in [1.165, 1.54) is 44.5 Å². The number of hydrogen-bond donors (Lipinski definition) is 0. The minimum absolute atomic E-state index is 0.147. The Morgan fingerprint density at radius 1 is 0.600 bits per heavy atom. The molecule has 4 aromatic carbocycles. The average Bonchev–Trinajstić information content (AvgIpc) is 3.85. The SMILES string of the molecule is c1ccc2c(c1)-c1ccccc1C21c2ccccc2-c2ccc(OCC3CO3)c(OCC3CO3)c21. The summed E-state index contributed by atoms with van der Waals surface area (Å²) in [4.78, 5) is 0. The lowest BCUT2D eigenvalue weighted by Gasteiger charge is -2.32. The van der Waals surface area contributed by atoms with Gasteiger partial charge in [0.05, 0.1) is 18.6 Å². The number of rotatable bonds is 6. The molecule has 35 heavy (non-hydrogen) atoms.